The minimum atomic E-state index is -0.634. The van der Waals surface area contributed by atoms with E-state index in [0.29, 0.717) is 41.0 Å². The van der Waals surface area contributed by atoms with Crippen molar-refractivity contribution in [1.29, 1.82) is 0 Å². The Hall–Kier alpha value is -4.27. The lowest BCUT2D eigenvalue weighted by Gasteiger charge is -2.13. The van der Waals surface area contributed by atoms with Crippen LogP contribution < -0.4 is 16.3 Å². The van der Waals surface area contributed by atoms with Gasteiger partial charge in [-0.05, 0) is 63.1 Å². The highest BCUT2D eigenvalue weighted by Crippen LogP contribution is 2.29. The predicted octanol–water partition coefficient (Wildman–Crippen LogP) is 3.58. The number of hydrogen-bond donors (Lipinski definition) is 3. The molecule has 0 atom stereocenters. The minimum Gasteiger partial charge on any atom is -0.455 e. The van der Waals surface area contributed by atoms with Crippen LogP contribution in [0, 0.1) is 19.7 Å². The summed E-state index contributed by atoms with van der Waals surface area (Å²) in [5, 5.41) is 4.30. The Bertz CT molecular complexity index is 1280. The van der Waals surface area contributed by atoms with Crippen LogP contribution in [-0.4, -0.2) is 23.4 Å². The number of hydrogen-bond acceptors (Lipinski definition) is 5. The first-order valence-corrected chi connectivity index (χ1v) is 10.8. The summed E-state index contributed by atoms with van der Waals surface area (Å²) in [4.78, 5) is 37.3. The Morgan fingerprint density at radius 3 is 2.18 bits per heavy atom. The van der Waals surface area contributed by atoms with Crippen LogP contribution in [-0.2, 0) is 6.42 Å². The molecule has 3 aromatic rings. The second-order valence-corrected chi connectivity index (χ2v) is 7.99. The molecule has 0 spiro atoms. The molecular formula is C25H23FN4O4. The molecule has 0 unspecified atom stereocenters. The first kappa shape index (κ1) is 22.9. The lowest BCUT2D eigenvalue weighted by Crippen LogP contribution is -2.41. The quantitative estimate of drug-likeness (QED) is 0.515. The van der Waals surface area contributed by atoms with Gasteiger partial charge in [-0.2, -0.15) is 5.10 Å². The zero-order chi connectivity index (χ0) is 24.2. The average molecular weight is 462 g/mol. The molecule has 0 saturated heterocycles. The topological polar surface area (TPSA) is 113 Å². The van der Waals surface area contributed by atoms with Crippen molar-refractivity contribution in [3.8, 4) is 0 Å². The van der Waals surface area contributed by atoms with Gasteiger partial charge in [0.25, 0.3) is 11.8 Å². The largest absolute Gasteiger partial charge is 0.455 e. The maximum atomic E-state index is 13.0. The number of carbonyl (C=O) groups is 3. The van der Waals surface area contributed by atoms with Crippen molar-refractivity contribution >= 4 is 23.4 Å². The molecule has 4 rings (SSSR count). The minimum absolute atomic E-state index is 0.0452. The van der Waals surface area contributed by atoms with E-state index in [4.69, 9.17) is 4.42 Å². The first-order chi connectivity index (χ1) is 16.3. The van der Waals surface area contributed by atoms with E-state index in [-0.39, 0.29) is 17.2 Å². The predicted molar refractivity (Wildman–Crippen MR) is 123 cm³/mol. The molecule has 2 aromatic carbocycles. The molecular weight excluding hydrogens is 439 g/mol. The molecule has 3 N–H and O–H groups in total. The van der Waals surface area contributed by atoms with Crippen molar-refractivity contribution in [3.05, 3.63) is 93.7 Å². The van der Waals surface area contributed by atoms with Gasteiger partial charge >= 0.3 is 5.91 Å². The highest BCUT2D eigenvalue weighted by atomic mass is 19.1. The Labute approximate surface area is 195 Å². The molecule has 9 heteroatoms. The molecule has 8 nitrogen and oxygen atoms in total. The number of nitrogens with zero attached hydrogens (tertiary/aromatic N) is 1. The van der Waals surface area contributed by atoms with E-state index < -0.39 is 17.6 Å². The molecule has 1 aliphatic carbocycles. The molecule has 0 saturated carbocycles. The van der Waals surface area contributed by atoms with E-state index in [1.54, 1.807) is 19.1 Å². The Kier molecular flexibility index (Phi) is 6.53. The van der Waals surface area contributed by atoms with Gasteiger partial charge in [-0.3, -0.25) is 25.2 Å². The molecule has 0 radical (unpaired) electrons. The van der Waals surface area contributed by atoms with Crippen molar-refractivity contribution < 1.29 is 23.2 Å². The maximum Gasteiger partial charge on any atom is 0.305 e. The third kappa shape index (κ3) is 4.88. The molecule has 34 heavy (non-hydrogen) atoms. The fraction of sp³-hybridized carbons (Fsp3) is 0.200. The number of amides is 3. The van der Waals surface area contributed by atoms with Crippen LogP contribution in [0.4, 0.5) is 4.39 Å². The molecule has 0 bridgehead atoms. The van der Waals surface area contributed by atoms with Gasteiger partial charge in [0.05, 0.1) is 5.71 Å². The third-order valence-electron chi connectivity index (χ3n) is 5.53. The van der Waals surface area contributed by atoms with Crippen LogP contribution in [0.3, 0.4) is 0 Å². The number of aryl methyl sites for hydroxylation is 2. The highest BCUT2D eigenvalue weighted by Gasteiger charge is 2.28. The second-order valence-electron chi connectivity index (χ2n) is 7.99. The number of hydrazine groups is 1. The van der Waals surface area contributed by atoms with E-state index in [0.717, 1.165) is 24.1 Å². The van der Waals surface area contributed by atoms with Gasteiger partial charge < -0.3 is 4.42 Å². The van der Waals surface area contributed by atoms with Crippen LogP contribution in [0.25, 0.3) is 0 Å². The summed E-state index contributed by atoms with van der Waals surface area (Å²) >= 11 is 0. The SMILES string of the molecule is Cc1ccc(C(=O)N/N=C2\CCCc3oc(C(=O)NNC(=O)c4ccc(F)cc4)c(C)c32)cc1. The molecule has 0 aliphatic heterocycles. The van der Waals surface area contributed by atoms with Gasteiger partial charge in [0.1, 0.15) is 11.6 Å². The van der Waals surface area contributed by atoms with Gasteiger partial charge in [-0.15, -0.1) is 0 Å². The van der Waals surface area contributed by atoms with E-state index >= 15 is 0 Å². The number of halogens is 1. The van der Waals surface area contributed by atoms with Crippen LogP contribution in [0.15, 0.2) is 58.0 Å². The van der Waals surface area contributed by atoms with E-state index in [1.165, 1.54) is 12.1 Å². The standard InChI is InChI=1S/C25H23FN4O4/c1-14-6-8-16(9-7-14)23(31)28-27-19-4-3-5-20-21(19)15(2)22(34-20)25(33)30-29-24(32)17-10-12-18(26)13-11-17/h6-13H,3-5H2,1-2H3,(H,28,31)(H,29,32)(H,30,33)/b27-19+. The number of rotatable bonds is 4. The Balaban J connectivity index is 1.47. The molecule has 1 aliphatic rings. The van der Waals surface area contributed by atoms with Gasteiger partial charge in [-0.1, -0.05) is 17.7 Å². The summed E-state index contributed by atoms with van der Waals surface area (Å²) in [6, 6.07) is 12.1. The van der Waals surface area contributed by atoms with Crippen molar-refractivity contribution in [3.63, 3.8) is 0 Å². The number of furan rings is 1. The summed E-state index contributed by atoms with van der Waals surface area (Å²) in [5.74, 6) is -1.38. The van der Waals surface area contributed by atoms with Crippen LogP contribution in [0.5, 0.6) is 0 Å². The monoisotopic (exact) mass is 462 g/mol. The Morgan fingerprint density at radius 1 is 0.853 bits per heavy atom. The second kappa shape index (κ2) is 9.70. The van der Waals surface area contributed by atoms with E-state index in [9.17, 15) is 18.8 Å². The van der Waals surface area contributed by atoms with Gasteiger partial charge in [-0.25, -0.2) is 9.82 Å². The molecule has 3 amide bonds. The fourth-order valence-corrected chi connectivity index (χ4v) is 3.73. The van der Waals surface area contributed by atoms with Crippen molar-refractivity contribution in [2.75, 3.05) is 0 Å². The number of hydrazone groups is 1. The summed E-state index contributed by atoms with van der Waals surface area (Å²) in [5.41, 5.74) is 10.8. The highest BCUT2D eigenvalue weighted by molar-refractivity contribution is 6.07. The number of fused-ring (bicyclic) bond motifs is 1. The molecule has 174 valence electrons. The van der Waals surface area contributed by atoms with E-state index in [2.05, 4.69) is 21.4 Å². The summed E-state index contributed by atoms with van der Waals surface area (Å²) < 4.78 is 18.8. The zero-order valence-corrected chi connectivity index (χ0v) is 18.7. The average Bonchev–Trinajstić information content (AvgIpc) is 3.18. The number of benzene rings is 2. The fourth-order valence-electron chi connectivity index (χ4n) is 3.73. The van der Waals surface area contributed by atoms with Crippen LogP contribution in [0.1, 0.15) is 66.6 Å². The maximum absolute atomic E-state index is 13.0. The summed E-state index contributed by atoms with van der Waals surface area (Å²) in [6.07, 6.45) is 1.99. The lowest BCUT2D eigenvalue weighted by atomic mass is 9.93. The van der Waals surface area contributed by atoms with Crippen LogP contribution in [0.2, 0.25) is 0 Å². The van der Waals surface area contributed by atoms with Crippen molar-refractivity contribution in [2.45, 2.75) is 33.1 Å². The molecule has 0 fully saturated rings. The third-order valence-corrected chi connectivity index (χ3v) is 5.53. The Morgan fingerprint density at radius 2 is 1.47 bits per heavy atom. The first-order valence-electron chi connectivity index (χ1n) is 10.8. The molecule has 1 aromatic heterocycles. The van der Waals surface area contributed by atoms with Crippen LogP contribution >= 0.6 is 0 Å². The zero-order valence-electron chi connectivity index (χ0n) is 18.7. The normalized spacial score (nSPS) is 13.8. The molecule has 1 heterocycles. The van der Waals surface area contributed by atoms with Crippen molar-refractivity contribution in [2.24, 2.45) is 5.10 Å². The summed E-state index contributed by atoms with van der Waals surface area (Å²) in [6.45, 7) is 3.66. The van der Waals surface area contributed by atoms with E-state index in [1.807, 2.05) is 19.1 Å². The smallest absolute Gasteiger partial charge is 0.305 e. The van der Waals surface area contributed by atoms with Gasteiger partial charge in [0.15, 0.2) is 5.76 Å². The lowest BCUT2D eigenvalue weighted by molar-refractivity contribution is 0.0829. The number of carbonyl (C=O) groups excluding carboxylic acids is 3. The van der Waals surface area contributed by atoms with Gasteiger partial charge in [0.2, 0.25) is 0 Å². The van der Waals surface area contributed by atoms with Crippen molar-refractivity contribution in [1.82, 2.24) is 16.3 Å². The van der Waals surface area contributed by atoms with Gasteiger partial charge in [0, 0.05) is 28.7 Å². The summed E-state index contributed by atoms with van der Waals surface area (Å²) in [7, 11) is 0. The number of nitrogens with one attached hydrogen (secondary N) is 3.